The van der Waals surface area contributed by atoms with Crippen LogP contribution in [0, 0.1) is 10.1 Å². The first-order valence-electron chi connectivity index (χ1n) is 7.14. The van der Waals surface area contributed by atoms with E-state index in [0.29, 0.717) is 22.6 Å². The lowest BCUT2D eigenvalue weighted by atomic mass is 10.2. The minimum absolute atomic E-state index is 0.120. The van der Waals surface area contributed by atoms with Gasteiger partial charge in [0, 0.05) is 17.2 Å². The van der Waals surface area contributed by atoms with Crippen LogP contribution in [0.1, 0.15) is 15.9 Å². The molecule has 2 aromatic rings. The maximum absolute atomic E-state index is 12.1. The summed E-state index contributed by atoms with van der Waals surface area (Å²) >= 11 is 0. The Hall–Kier alpha value is -3.62. The van der Waals surface area contributed by atoms with Crippen LogP contribution in [-0.4, -0.2) is 30.9 Å². The summed E-state index contributed by atoms with van der Waals surface area (Å²) in [6.45, 7) is 0.120. The van der Waals surface area contributed by atoms with E-state index in [9.17, 15) is 14.9 Å². The molecule has 0 fully saturated rings. The van der Waals surface area contributed by atoms with E-state index in [4.69, 9.17) is 14.2 Å². The molecule has 0 aromatic heterocycles. The van der Waals surface area contributed by atoms with Crippen molar-refractivity contribution in [2.75, 3.05) is 13.9 Å². The van der Waals surface area contributed by atoms with Crippen molar-refractivity contribution in [3.8, 4) is 17.2 Å². The topological polar surface area (TPSA) is 112 Å². The molecule has 0 bridgehead atoms. The Morgan fingerprint density at radius 1 is 1.28 bits per heavy atom. The minimum atomic E-state index is -0.554. The third kappa shape index (κ3) is 3.50. The van der Waals surface area contributed by atoms with Gasteiger partial charge in [0.15, 0.2) is 17.2 Å². The predicted molar refractivity (Wildman–Crippen MR) is 87.3 cm³/mol. The molecule has 9 heteroatoms. The molecule has 3 rings (SSSR count). The number of nitro groups is 1. The number of fused-ring (bicyclic) bond motifs is 1. The van der Waals surface area contributed by atoms with E-state index >= 15 is 0 Å². The van der Waals surface area contributed by atoms with Gasteiger partial charge in [0.05, 0.1) is 18.2 Å². The lowest BCUT2D eigenvalue weighted by molar-refractivity contribution is -0.385. The molecule has 1 aliphatic rings. The molecule has 0 saturated carbocycles. The number of amides is 1. The van der Waals surface area contributed by atoms with Crippen LogP contribution in [0.3, 0.4) is 0 Å². The van der Waals surface area contributed by atoms with Crippen LogP contribution >= 0.6 is 0 Å². The van der Waals surface area contributed by atoms with Gasteiger partial charge in [-0.1, -0.05) is 0 Å². The van der Waals surface area contributed by atoms with Crippen molar-refractivity contribution in [3.63, 3.8) is 0 Å². The van der Waals surface area contributed by atoms with E-state index < -0.39 is 10.8 Å². The Balaban J connectivity index is 1.69. The summed E-state index contributed by atoms with van der Waals surface area (Å²) < 4.78 is 15.3. The lowest BCUT2D eigenvalue weighted by Gasteiger charge is -2.03. The maximum Gasteiger partial charge on any atom is 0.311 e. The van der Waals surface area contributed by atoms with Crippen LogP contribution in [0.25, 0.3) is 0 Å². The molecule has 9 nitrogen and oxygen atoms in total. The molecule has 25 heavy (non-hydrogen) atoms. The fourth-order valence-electron chi connectivity index (χ4n) is 2.20. The van der Waals surface area contributed by atoms with Crippen molar-refractivity contribution in [2.45, 2.75) is 0 Å². The number of carbonyl (C=O) groups is 1. The van der Waals surface area contributed by atoms with Crippen molar-refractivity contribution in [2.24, 2.45) is 5.10 Å². The van der Waals surface area contributed by atoms with Gasteiger partial charge < -0.3 is 14.2 Å². The van der Waals surface area contributed by atoms with Crippen LogP contribution in [0.4, 0.5) is 5.69 Å². The Bertz CT molecular complexity index is 865. The van der Waals surface area contributed by atoms with Crippen LogP contribution in [-0.2, 0) is 0 Å². The number of hydrogen-bond acceptors (Lipinski definition) is 7. The molecular weight excluding hydrogens is 330 g/mol. The molecule has 1 amide bonds. The summed E-state index contributed by atoms with van der Waals surface area (Å²) in [5, 5.41) is 14.8. The summed E-state index contributed by atoms with van der Waals surface area (Å²) in [5.74, 6) is 0.761. The summed E-state index contributed by atoms with van der Waals surface area (Å²) in [6, 6.07) is 9.10. The number of rotatable bonds is 5. The number of methoxy groups -OCH3 is 1. The molecule has 0 aliphatic carbocycles. The highest BCUT2D eigenvalue weighted by Crippen LogP contribution is 2.32. The molecule has 1 heterocycles. The van der Waals surface area contributed by atoms with Crippen molar-refractivity contribution in [3.05, 3.63) is 57.6 Å². The van der Waals surface area contributed by atoms with Gasteiger partial charge in [0.25, 0.3) is 5.91 Å². The van der Waals surface area contributed by atoms with Gasteiger partial charge >= 0.3 is 5.69 Å². The molecule has 128 valence electrons. The quantitative estimate of drug-likeness (QED) is 0.505. The number of nitrogens with zero attached hydrogens (tertiary/aromatic N) is 2. The molecule has 1 aliphatic heterocycles. The highest BCUT2D eigenvalue weighted by Gasteiger charge is 2.16. The second-order valence-electron chi connectivity index (χ2n) is 4.96. The second-order valence-corrected chi connectivity index (χ2v) is 4.96. The largest absolute Gasteiger partial charge is 0.490 e. The predicted octanol–water partition coefficient (Wildman–Crippen LogP) is 2.10. The van der Waals surface area contributed by atoms with Gasteiger partial charge in [-0.25, -0.2) is 5.43 Å². The lowest BCUT2D eigenvalue weighted by Crippen LogP contribution is -2.17. The molecule has 0 radical (unpaired) electrons. The molecule has 0 unspecified atom stereocenters. The first-order valence-corrected chi connectivity index (χ1v) is 7.14. The van der Waals surface area contributed by atoms with Gasteiger partial charge in [-0.05, 0) is 30.3 Å². The van der Waals surface area contributed by atoms with Crippen molar-refractivity contribution in [1.29, 1.82) is 0 Å². The second kappa shape index (κ2) is 6.87. The monoisotopic (exact) mass is 343 g/mol. The fraction of sp³-hybridized carbons (Fsp3) is 0.125. The highest BCUT2D eigenvalue weighted by molar-refractivity contribution is 5.95. The molecule has 0 atom stereocenters. The number of benzene rings is 2. The van der Waals surface area contributed by atoms with Gasteiger partial charge in [-0.3, -0.25) is 14.9 Å². The molecule has 0 spiro atoms. The average molecular weight is 343 g/mol. The number of carbonyl (C=O) groups excluding carboxylic acids is 1. The zero-order valence-electron chi connectivity index (χ0n) is 13.1. The van der Waals surface area contributed by atoms with E-state index in [1.165, 1.54) is 25.5 Å². The normalized spacial score (nSPS) is 12.2. The number of ether oxygens (including phenoxy) is 3. The SMILES string of the molecule is COc1ccc(C=NNC(=O)c2ccc3c(c2)OCO3)cc1[N+](=O)[O-]. The van der Waals surface area contributed by atoms with E-state index in [1.807, 2.05) is 0 Å². The minimum Gasteiger partial charge on any atom is -0.490 e. The Labute approximate surface area is 142 Å². The van der Waals surface area contributed by atoms with Crippen LogP contribution in [0.15, 0.2) is 41.5 Å². The Kier molecular flexibility index (Phi) is 4.46. The first kappa shape index (κ1) is 16.2. The van der Waals surface area contributed by atoms with Crippen molar-refractivity contribution < 1.29 is 23.9 Å². The third-order valence-corrected chi connectivity index (χ3v) is 3.41. The van der Waals surface area contributed by atoms with E-state index in [1.54, 1.807) is 24.3 Å². The maximum atomic E-state index is 12.1. The molecule has 0 saturated heterocycles. The third-order valence-electron chi connectivity index (χ3n) is 3.41. The summed E-state index contributed by atoms with van der Waals surface area (Å²) in [4.78, 5) is 22.5. The van der Waals surface area contributed by atoms with Crippen molar-refractivity contribution >= 4 is 17.8 Å². The van der Waals surface area contributed by atoms with Crippen LogP contribution < -0.4 is 19.6 Å². The Morgan fingerprint density at radius 2 is 2.08 bits per heavy atom. The zero-order valence-corrected chi connectivity index (χ0v) is 13.1. The smallest absolute Gasteiger partial charge is 0.311 e. The van der Waals surface area contributed by atoms with Crippen LogP contribution in [0.2, 0.25) is 0 Å². The molecule has 2 aromatic carbocycles. The van der Waals surface area contributed by atoms with Gasteiger partial charge in [-0.15, -0.1) is 0 Å². The van der Waals surface area contributed by atoms with Gasteiger partial charge in [-0.2, -0.15) is 5.10 Å². The van der Waals surface area contributed by atoms with Gasteiger partial charge in [0.1, 0.15) is 0 Å². The summed E-state index contributed by atoms with van der Waals surface area (Å²) in [6.07, 6.45) is 1.30. The standard InChI is InChI=1S/C16H13N3O6/c1-23-13-4-2-10(6-12(13)19(21)22)8-17-18-16(20)11-3-5-14-15(7-11)25-9-24-14/h2-8H,9H2,1H3,(H,18,20). The number of nitro benzene ring substituents is 1. The number of hydrazone groups is 1. The van der Waals surface area contributed by atoms with E-state index in [2.05, 4.69) is 10.5 Å². The van der Waals surface area contributed by atoms with E-state index in [0.717, 1.165) is 0 Å². The van der Waals surface area contributed by atoms with Crippen LogP contribution in [0.5, 0.6) is 17.2 Å². The fourth-order valence-corrected chi connectivity index (χ4v) is 2.20. The zero-order chi connectivity index (χ0) is 17.8. The average Bonchev–Trinajstić information content (AvgIpc) is 3.09. The summed E-state index contributed by atoms with van der Waals surface area (Å²) in [7, 11) is 1.35. The summed E-state index contributed by atoms with van der Waals surface area (Å²) in [5.41, 5.74) is 2.95. The molecular formula is C16H13N3O6. The highest BCUT2D eigenvalue weighted by atomic mass is 16.7. The van der Waals surface area contributed by atoms with Crippen molar-refractivity contribution in [1.82, 2.24) is 5.43 Å². The molecule has 1 N–H and O–H groups in total. The number of nitrogens with one attached hydrogen (secondary N) is 1. The first-order chi connectivity index (χ1) is 12.1. The van der Waals surface area contributed by atoms with E-state index in [-0.39, 0.29) is 18.2 Å². The Morgan fingerprint density at radius 3 is 2.84 bits per heavy atom. The number of hydrogen-bond donors (Lipinski definition) is 1. The van der Waals surface area contributed by atoms with Gasteiger partial charge in [0.2, 0.25) is 6.79 Å².